The molecule has 1 aromatic carbocycles. The number of nitrogens with zero attached hydrogens (tertiary/aromatic N) is 2. The van der Waals surface area contributed by atoms with E-state index >= 15 is 0 Å². The van der Waals surface area contributed by atoms with Crippen molar-refractivity contribution in [1.82, 2.24) is 14.9 Å². The number of hydrogen-bond donors (Lipinski definition) is 1. The fraction of sp³-hybridized carbons (Fsp3) is 0.357. The zero-order valence-corrected chi connectivity index (χ0v) is 11.7. The third kappa shape index (κ3) is 4.26. The van der Waals surface area contributed by atoms with Gasteiger partial charge < -0.3 is 14.6 Å². The van der Waals surface area contributed by atoms with E-state index in [4.69, 9.17) is 16.3 Å². The first-order valence-electron chi connectivity index (χ1n) is 6.37. The lowest BCUT2D eigenvalue weighted by atomic mass is 10.2. The van der Waals surface area contributed by atoms with Gasteiger partial charge in [-0.05, 0) is 24.7 Å². The Bertz CT molecular complexity index is 499. The Morgan fingerprint density at radius 2 is 2.32 bits per heavy atom. The van der Waals surface area contributed by atoms with E-state index in [1.807, 2.05) is 29.0 Å². The summed E-state index contributed by atoms with van der Waals surface area (Å²) in [6, 6.07) is 5.71. The van der Waals surface area contributed by atoms with Crippen LogP contribution in [0, 0.1) is 0 Å². The van der Waals surface area contributed by atoms with Crippen molar-refractivity contribution in [2.75, 3.05) is 13.2 Å². The summed E-state index contributed by atoms with van der Waals surface area (Å²) in [5.41, 5.74) is 1.08. The Morgan fingerprint density at radius 3 is 3.05 bits per heavy atom. The lowest BCUT2D eigenvalue weighted by molar-refractivity contribution is 0.295. The number of nitrogens with one attached hydrogen (secondary N) is 1. The Labute approximate surface area is 118 Å². The molecule has 0 bridgehead atoms. The first-order valence-corrected chi connectivity index (χ1v) is 6.75. The number of benzene rings is 1. The van der Waals surface area contributed by atoms with Crippen LogP contribution < -0.4 is 10.1 Å². The van der Waals surface area contributed by atoms with Crippen LogP contribution in [0.25, 0.3) is 0 Å². The second-order valence-corrected chi connectivity index (χ2v) is 4.62. The summed E-state index contributed by atoms with van der Waals surface area (Å²) in [6.45, 7) is 5.14. The van der Waals surface area contributed by atoms with Gasteiger partial charge in [0.1, 0.15) is 12.4 Å². The monoisotopic (exact) mass is 279 g/mol. The van der Waals surface area contributed by atoms with E-state index in [1.54, 1.807) is 12.5 Å². The molecule has 2 rings (SSSR count). The van der Waals surface area contributed by atoms with E-state index in [0.29, 0.717) is 6.61 Å². The third-order valence-corrected chi connectivity index (χ3v) is 2.99. The quantitative estimate of drug-likeness (QED) is 0.847. The highest BCUT2D eigenvalue weighted by Gasteiger charge is 2.04. The first-order chi connectivity index (χ1) is 9.29. The van der Waals surface area contributed by atoms with Gasteiger partial charge in [0.15, 0.2) is 0 Å². The van der Waals surface area contributed by atoms with E-state index in [-0.39, 0.29) is 0 Å². The van der Waals surface area contributed by atoms with Crippen LogP contribution >= 0.6 is 11.6 Å². The standard InChI is InChI=1S/C14H18ClN3O/c1-2-16-10-12-9-13(15)3-4-14(12)19-8-7-18-6-5-17-11-18/h3-6,9,11,16H,2,7-8,10H2,1H3. The molecule has 1 N–H and O–H groups in total. The maximum atomic E-state index is 6.02. The smallest absolute Gasteiger partial charge is 0.123 e. The summed E-state index contributed by atoms with van der Waals surface area (Å²) < 4.78 is 7.80. The van der Waals surface area contributed by atoms with Crippen LogP contribution in [0.2, 0.25) is 5.02 Å². The van der Waals surface area contributed by atoms with Crippen LogP contribution in [0.4, 0.5) is 0 Å². The van der Waals surface area contributed by atoms with Crippen LogP contribution in [-0.2, 0) is 13.1 Å². The van der Waals surface area contributed by atoms with Gasteiger partial charge in [-0.15, -0.1) is 0 Å². The molecule has 1 heterocycles. The van der Waals surface area contributed by atoms with Gasteiger partial charge in [0, 0.05) is 29.5 Å². The largest absolute Gasteiger partial charge is 0.491 e. The molecule has 0 saturated carbocycles. The molecular formula is C14H18ClN3O. The van der Waals surface area contributed by atoms with Gasteiger partial charge in [-0.2, -0.15) is 0 Å². The minimum absolute atomic E-state index is 0.608. The van der Waals surface area contributed by atoms with Gasteiger partial charge in [0.2, 0.25) is 0 Å². The van der Waals surface area contributed by atoms with Gasteiger partial charge in [-0.1, -0.05) is 18.5 Å². The zero-order chi connectivity index (χ0) is 13.5. The predicted molar refractivity (Wildman–Crippen MR) is 76.6 cm³/mol. The second kappa shape index (κ2) is 7.16. The molecule has 0 spiro atoms. The molecule has 102 valence electrons. The first kappa shape index (κ1) is 13.9. The van der Waals surface area contributed by atoms with Crippen molar-refractivity contribution in [2.24, 2.45) is 0 Å². The van der Waals surface area contributed by atoms with Crippen LogP contribution in [0.3, 0.4) is 0 Å². The molecule has 5 heteroatoms. The molecule has 2 aromatic rings. The molecule has 0 aliphatic heterocycles. The molecule has 0 saturated heterocycles. The lowest BCUT2D eigenvalue weighted by Crippen LogP contribution is -2.14. The van der Waals surface area contributed by atoms with Crippen LogP contribution in [0.1, 0.15) is 12.5 Å². The second-order valence-electron chi connectivity index (χ2n) is 4.18. The highest BCUT2D eigenvalue weighted by atomic mass is 35.5. The van der Waals surface area contributed by atoms with Crippen LogP contribution in [-0.4, -0.2) is 22.7 Å². The van der Waals surface area contributed by atoms with E-state index in [1.165, 1.54) is 0 Å². The van der Waals surface area contributed by atoms with Crippen molar-refractivity contribution in [3.63, 3.8) is 0 Å². The Hall–Kier alpha value is -1.52. The van der Waals surface area contributed by atoms with Gasteiger partial charge in [0.05, 0.1) is 12.9 Å². The lowest BCUT2D eigenvalue weighted by Gasteiger charge is -2.12. The summed E-state index contributed by atoms with van der Waals surface area (Å²) in [4.78, 5) is 4.00. The van der Waals surface area contributed by atoms with Crippen molar-refractivity contribution in [1.29, 1.82) is 0 Å². The minimum Gasteiger partial charge on any atom is -0.491 e. The number of hydrogen-bond acceptors (Lipinski definition) is 3. The Kier molecular flexibility index (Phi) is 5.24. The molecule has 0 amide bonds. The molecule has 0 atom stereocenters. The highest BCUT2D eigenvalue weighted by Crippen LogP contribution is 2.22. The number of halogens is 1. The van der Waals surface area contributed by atoms with Crippen molar-refractivity contribution >= 4 is 11.6 Å². The maximum absolute atomic E-state index is 6.02. The van der Waals surface area contributed by atoms with E-state index < -0.39 is 0 Å². The normalized spacial score (nSPS) is 10.6. The Morgan fingerprint density at radius 1 is 1.42 bits per heavy atom. The number of ether oxygens (including phenoxy) is 1. The van der Waals surface area contributed by atoms with Crippen molar-refractivity contribution in [3.8, 4) is 5.75 Å². The average Bonchev–Trinajstić information content (AvgIpc) is 2.91. The van der Waals surface area contributed by atoms with E-state index in [2.05, 4.69) is 17.2 Å². The summed E-state index contributed by atoms with van der Waals surface area (Å²) in [5, 5.41) is 4.01. The summed E-state index contributed by atoms with van der Waals surface area (Å²) in [7, 11) is 0. The summed E-state index contributed by atoms with van der Waals surface area (Å²) in [6.07, 6.45) is 5.47. The molecule has 0 aliphatic carbocycles. The average molecular weight is 280 g/mol. The Balaban J connectivity index is 1.94. The van der Waals surface area contributed by atoms with Crippen LogP contribution in [0.5, 0.6) is 5.75 Å². The summed E-state index contributed by atoms with van der Waals surface area (Å²) in [5.74, 6) is 0.880. The molecule has 0 fully saturated rings. The molecule has 0 unspecified atom stereocenters. The fourth-order valence-electron chi connectivity index (χ4n) is 1.77. The third-order valence-electron chi connectivity index (χ3n) is 2.75. The van der Waals surface area contributed by atoms with E-state index in [9.17, 15) is 0 Å². The van der Waals surface area contributed by atoms with Crippen molar-refractivity contribution < 1.29 is 4.74 Å². The number of imidazole rings is 1. The molecule has 4 nitrogen and oxygen atoms in total. The molecule has 1 aromatic heterocycles. The predicted octanol–water partition coefficient (Wildman–Crippen LogP) is 2.73. The maximum Gasteiger partial charge on any atom is 0.123 e. The van der Waals surface area contributed by atoms with Gasteiger partial charge in [-0.3, -0.25) is 0 Å². The number of aromatic nitrogens is 2. The zero-order valence-electron chi connectivity index (χ0n) is 11.0. The molecule has 19 heavy (non-hydrogen) atoms. The van der Waals surface area contributed by atoms with Gasteiger partial charge >= 0.3 is 0 Å². The topological polar surface area (TPSA) is 39.1 Å². The summed E-state index contributed by atoms with van der Waals surface area (Å²) >= 11 is 6.02. The van der Waals surface area contributed by atoms with Gasteiger partial charge in [0.25, 0.3) is 0 Å². The fourth-order valence-corrected chi connectivity index (χ4v) is 1.96. The minimum atomic E-state index is 0.608. The highest BCUT2D eigenvalue weighted by molar-refractivity contribution is 6.30. The molecule has 0 radical (unpaired) electrons. The van der Waals surface area contributed by atoms with Crippen molar-refractivity contribution in [2.45, 2.75) is 20.0 Å². The molecule has 0 aliphatic rings. The van der Waals surface area contributed by atoms with Crippen molar-refractivity contribution in [3.05, 3.63) is 47.5 Å². The van der Waals surface area contributed by atoms with Gasteiger partial charge in [-0.25, -0.2) is 4.98 Å². The SMILES string of the molecule is CCNCc1cc(Cl)ccc1OCCn1ccnc1. The van der Waals surface area contributed by atoms with E-state index in [0.717, 1.165) is 36.0 Å². The number of rotatable bonds is 7. The van der Waals surface area contributed by atoms with Crippen LogP contribution in [0.15, 0.2) is 36.9 Å². The molecular weight excluding hydrogens is 262 g/mol.